The van der Waals surface area contributed by atoms with Gasteiger partial charge >= 0.3 is 0 Å². The summed E-state index contributed by atoms with van der Waals surface area (Å²) in [5, 5.41) is 9.50. The van der Waals surface area contributed by atoms with E-state index < -0.39 is 0 Å². The third-order valence-electron chi connectivity index (χ3n) is 3.68. The van der Waals surface area contributed by atoms with E-state index in [-0.39, 0.29) is 0 Å². The highest BCUT2D eigenvalue weighted by atomic mass is 127. The van der Waals surface area contributed by atoms with Crippen LogP contribution in [0.2, 0.25) is 0 Å². The van der Waals surface area contributed by atoms with Crippen LogP contribution in [0.3, 0.4) is 0 Å². The molecule has 1 fully saturated rings. The fourth-order valence-corrected chi connectivity index (χ4v) is 3.97. The minimum atomic E-state index is 0.385. The molecular weight excluding hydrogens is 295 g/mol. The van der Waals surface area contributed by atoms with Crippen LogP contribution in [0.5, 0.6) is 0 Å². The minimum absolute atomic E-state index is 0.385. The molecular formula is C9H13IN2S. The van der Waals surface area contributed by atoms with Gasteiger partial charge in [-0.25, -0.2) is 0 Å². The number of hydrogen-bond acceptors (Lipinski definition) is 3. The van der Waals surface area contributed by atoms with Gasteiger partial charge in [-0.3, -0.25) is 0 Å². The fraction of sp³-hybridized carbons (Fsp3) is 0.778. The lowest BCUT2D eigenvalue weighted by molar-refractivity contribution is 0.457. The van der Waals surface area contributed by atoms with E-state index >= 15 is 0 Å². The number of rotatable bonds is 1. The lowest BCUT2D eigenvalue weighted by Gasteiger charge is -2.03. The molecule has 1 aromatic heterocycles. The molecule has 0 N–H and O–H groups in total. The number of aromatic nitrogens is 2. The van der Waals surface area contributed by atoms with Crippen molar-refractivity contribution < 1.29 is 0 Å². The van der Waals surface area contributed by atoms with Gasteiger partial charge in [-0.2, -0.15) is 0 Å². The summed E-state index contributed by atoms with van der Waals surface area (Å²) in [7, 11) is 0. The van der Waals surface area contributed by atoms with Gasteiger partial charge in [0.2, 0.25) is 0 Å². The molecule has 0 aromatic carbocycles. The minimum Gasteiger partial charge on any atom is -0.142 e. The summed E-state index contributed by atoms with van der Waals surface area (Å²) < 4.78 is 1.05. The Balaban J connectivity index is 2.32. The van der Waals surface area contributed by atoms with Crippen LogP contribution in [-0.4, -0.2) is 10.2 Å². The van der Waals surface area contributed by atoms with Gasteiger partial charge in [0.05, 0.1) is 0 Å². The molecule has 1 aliphatic carbocycles. The highest BCUT2D eigenvalue weighted by molar-refractivity contribution is 14.1. The van der Waals surface area contributed by atoms with Crippen LogP contribution in [0.1, 0.15) is 38.6 Å². The van der Waals surface area contributed by atoms with Gasteiger partial charge in [-0.1, -0.05) is 39.0 Å². The van der Waals surface area contributed by atoms with Crippen LogP contribution in [0.15, 0.2) is 0 Å². The molecule has 0 unspecified atom stereocenters. The molecule has 1 saturated carbocycles. The predicted molar refractivity (Wildman–Crippen MR) is 62.9 cm³/mol. The molecule has 0 saturated heterocycles. The molecule has 0 spiro atoms. The first-order valence-corrected chi connectivity index (χ1v) is 6.26. The van der Waals surface area contributed by atoms with E-state index in [4.69, 9.17) is 0 Å². The molecule has 72 valence electrons. The van der Waals surface area contributed by atoms with E-state index in [2.05, 4.69) is 60.5 Å². The van der Waals surface area contributed by atoms with Crippen molar-refractivity contribution in [3.8, 4) is 0 Å². The number of halogens is 1. The van der Waals surface area contributed by atoms with Crippen molar-refractivity contribution >= 4 is 33.9 Å². The van der Waals surface area contributed by atoms with Crippen LogP contribution in [0.25, 0.3) is 0 Å². The molecule has 2 rings (SSSR count). The summed E-state index contributed by atoms with van der Waals surface area (Å²) in [6.45, 7) is 9.25. The second-order valence-electron chi connectivity index (χ2n) is 4.77. The lowest BCUT2D eigenvalue weighted by atomic mass is 10.0. The third-order valence-corrected chi connectivity index (χ3v) is 5.34. The van der Waals surface area contributed by atoms with Crippen molar-refractivity contribution in [2.45, 2.75) is 33.6 Å². The van der Waals surface area contributed by atoms with E-state index in [1.54, 1.807) is 11.3 Å². The summed E-state index contributed by atoms with van der Waals surface area (Å²) in [5.74, 6) is 0.598. The van der Waals surface area contributed by atoms with Crippen molar-refractivity contribution in [3.63, 3.8) is 0 Å². The highest BCUT2D eigenvalue weighted by Crippen LogP contribution is 2.73. The molecule has 1 aromatic rings. The normalized spacial score (nSPS) is 24.7. The van der Waals surface area contributed by atoms with Gasteiger partial charge in [0.15, 0.2) is 3.01 Å². The van der Waals surface area contributed by atoms with Crippen molar-refractivity contribution in [2.24, 2.45) is 10.8 Å². The zero-order valence-corrected chi connectivity index (χ0v) is 11.2. The first-order chi connectivity index (χ1) is 5.87. The summed E-state index contributed by atoms with van der Waals surface area (Å²) in [5.41, 5.74) is 0.769. The van der Waals surface area contributed by atoms with Gasteiger partial charge in [-0.05, 0) is 33.4 Å². The van der Waals surface area contributed by atoms with Gasteiger partial charge in [0.25, 0.3) is 0 Å². The van der Waals surface area contributed by atoms with Gasteiger partial charge in [0, 0.05) is 5.92 Å². The second kappa shape index (κ2) is 2.66. The van der Waals surface area contributed by atoms with Crippen LogP contribution in [0.4, 0.5) is 0 Å². The highest BCUT2D eigenvalue weighted by Gasteiger charge is 2.66. The number of hydrogen-bond donors (Lipinski definition) is 0. The maximum absolute atomic E-state index is 4.23. The van der Waals surface area contributed by atoms with Crippen molar-refractivity contribution in [2.75, 3.05) is 0 Å². The first-order valence-electron chi connectivity index (χ1n) is 4.36. The molecule has 0 aliphatic heterocycles. The first kappa shape index (κ1) is 9.83. The van der Waals surface area contributed by atoms with E-state index in [1.807, 2.05) is 0 Å². The summed E-state index contributed by atoms with van der Waals surface area (Å²) >= 11 is 3.96. The molecule has 0 amide bonds. The van der Waals surface area contributed by atoms with Crippen molar-refractivity contribution in [1.82, 2.24) is 10.2 Å². The van der Waals surface area contributed by atoms with Gasteiger partial charge < -0.3 is 0 Å². The molecule has 0 atom stereocenters. The quantitative estimate of drug-likeness (QED) is 0.744. The molecule has 2 nitrogen and oxygen atoms in total. The average Bonchev–Trinajstić information content (AvgIpc) is 2.32. The zero-order chi connectivity index (χ0) is 9.85. The average molecular weight is 308 g/mol. The summed E-state index contributed by atoms with van der Waals surface area (Å²) in [4.78, 5) is 0. The summed E-state index contributed by atoms with van der Waals surface area (Å²) in [6, 6.07) is 0. The summed E-state index contributed by atoms with van der Waals surface area (Å²) in [6.07, 6.45) is 0. The van der Waals surface area contributed by atoms with Crippen molar-refractivity contribution in [3.05, 3.63) is 8.02 Å². The molecule has 1 heterocycles. The maximum atomic E-state index is 4.23. The van der Waals surface area contributed by atoms with Crippen LogP contribution in [-0.2, 0) is 0 Å². The van der Waals surface area contributed by atoms with Gasteiger partial charge in [0.1, 0.15) is 5.01 Å². The Kier molecular flexibility index (Phi) is 2.01. The van der Waals surface area contributed by atoms with Crippen LogP contribution < -0.4 is 0 Å². The Bertz CT molecular complexity index is 329. The Morgan fingerprint density at radius 2 is 1.69 bits per heavy atom. The molecule has 4 heteroatoms. The van der Waals surface area contributed by atoms with E-state index in [1.165, 1.54) is 5.01 Å². The fourth-order valence-electron chi connectivity index (χ4n) is 2.15. The lowest BCUT2D eigenvalue weighted by Crippen LogP contribution is -1.95. The largest absolute Gasteiger partial charge is 0.178 e. The zero-order valence-electron chi connectivity index (χ0n) is 8.26. The van der Waals surface area contributed by atoms with E-state index in [9.17, 15) is 0 Å². The smallest absolute Gasteiger partial charge is 0.142 e. The number of nitrogens with zero attached hydrogens (tertiary/aromatic N) is 2. The Morgan fingerprint density at radius 3 is 2.00 bits per heavy atom. The van der Waals surface area contributed by atoms with E-state index in [0.717, 1.165) is 3.01 Å². The molecule has 0 radical (unpaired) electrons. The topological polar surface area (TPSA) is 25.8 Å². The third kappa shape index (κ3) is 1.25. The monoisotopic (exact) mass is 308 g/mol. The Morgan fingerprint density at radius 1 is 1.15 bits per heavy atom. The standard InChI is InChI=1S/C9H13IN2S/c1-8(2)5(9(8,3)4)6-11-12-7(10)13-6/h5H,1-4H3. The van der Waals surface area contributed by atoms with Crippen molar-refractivity contribution in [1.29, 1.82) is 0 Å². The molecule has 0 bridgehead atoms. The second-order valence-corrected chi connectivity index (χ2v) is 7.53. The Labute approximate surface area is 96.3 Å². The predicted octanol–water partition coefficient (Wildman–Crippen LogP) is 3.29. The Hall–Kier alpha value is 0.290. The van der Waals surface area contributed by atoms with E-state index in [0.29, 0.717) is 16.7 Å². The maximum Gasteiger partial charge on any atom is 0.178 e. The molecule has 1 aliphatic rings. The van der Waals surface area contributed by atoms with Crippen LogP contribution >= 0.6 is 33.9 Å². The molecule has 13 heavy (non-hydrogen) atoms. The van der Waals surface area contributed by atoms with Crippen LogP contribution in [0, 0.1) is 13.8 Å². The van der Waals surface area contributed by atoms with Gasteiger partial charge in [-0.15, -0.1) is 10.2 Å². The SMILES string of the molecule is CC1(C)C(c2nnc(I)s2)C1(C)C.